The molecular formula is C12H21N3O. The third-order valence-electron chi connectivity index (χ3n) is 3.48. The number of likely N-dealkylation sites (N-methyl/N-ethyl adjacent to an activating group) is 1. The first-order chi connectivity index (χ1) is 7.41. The van der Waals surface area contributed by atoms with Crippen molar-refractivity contribution in [2.75, 3.05) is 20.6 Å². The SMILES string of the molecule is CC1CC(C#N)(C(=O)NCC(C)N(C)C)C1. The fraction of sp³-hybridized carbons (Fsp3) is 0.833. The molecule has 0 radical (unpaired) electrons. The van der Waals surface area contributed by atoms with Gasteiger partial charge in [-0.25, -0.2) is 0 Å². The van der Waals surface area contributed by atoms with Crippen LogP contribution in [0.15, 0.2) is 0 Å². The second kappa shape index (κ2) is 4.84. The van der Waals surface area contributed by atoms with E-state index in [9.17, 15) is 4.79 Å². The fourth-order valence-electron chi connectivity index (χ4n) is 2.05. The summed E-state index contributed by atoms with van der Waals surface area (Å²) in [4.78, 5) is 13.9. The van der Waals surface area contributed by atoms with E-state index in [0.29, 0.717) is 25.3 Å². The second-order valence-electron chi connectivity index (χ2n) is 5.23. The van der Waals surface area contributed by atoms with Crippen LogP contribution in [0.2, 0.25) is 0 Å². The maximum atomic E-state index is 11.9. The van der Waals surface area contributed by atoms with E-state index in [0.717, 1.165) is 0 Å². The summed E-state index contributed by atoms with van der Waals surface area (Å²) in [6, 6.07) is 2.46. The van der Waals surface area contributed by atoms with Crippen LogP contribution in [0.5, 0.6) is 0 Å². The van der Waals surface area contributed by atoms with E-state index in [1.54, 1.807) is 0 Å². The van der Waals surface area contributed by atoms with E-state index in [1.165, 1.54) is 0 Å². The van der Waals surface area contributed by atoms with Crippen LogP contribution in [0.1, 0.15) is 26.7 Å². The van der Waals surface area contributed by atoms with Crippen LogP contribution >= 0.6 is 0 Å². The largest absolute Gasteiger partial charge is 0.353 e. The predicted octanol–water partition coefficient (Wildman–Crippen LogP) is 0.993. The summed E-state index contributed by atoms with van der Waals surface area (Å²) in [5.74, 6) is 0.401. The number of carbonyl (C=O) groups is 1. The number of nitrogens with one attached hydrogen (secondary N) is 1. The average molecular weight is 223 g/mol. The van der Waals surface area contributed by atoms with Crippen LogP contribution in [0.3, 0.4) is 0 Å². The molecule has 1 aliphatic rings. The number of nitriles is 1. The molecule has 0 aromatic rings. The Kier molecular flexibility index (Phi) is 3.93. The molecule has 4 nitrogen and oxygen atoms in total. The van der Waals surface area contributed by atoms with Gasteiger partial charge in [0, 0.05) is 12.6 Å². The van der Waals surface area contributed by atoms with E-state index in [1.807, 2.05) is 25.9 Å². The van der Waals surface area contributed by atoms with Gasteiger partial charge in [0.1, 0.15) is 5.41 Å². The lowest BCUT2D eigenvalue weighted by Crippen LogP contribution is -2.50. The number of carbonyl (C=O) groups excluding carboxylic acids is 1. The van der Waals surface area contributed by atoms with Crippen LogP contribution in [-0.2, 0) is 4.79 Å². The molecule has 1 rings (SSSR count). The van der Waals surface area contributed by atoms with E-state index >= 15 is 0 Å². The third kappa shape index (κ3) is 2.53. The Morgan fingerprint density at radius 3 is 2.56 bits per heavy atom. The zero-order chi connectivity index (χ0) is 12.3. The molecule has 0 saturated heterocycles. The predicted molar refractivity (Wildman–Crippen MR) is 62.6 cm³/mol. The lowest BCUT2D eigenvalue weighted by molar-refractivity contribution is -0.134. The first kappa shape index (κ1) is 13.0. The van der Waals surface area contributed by atoms with Gasteiger partial charge in [-0.15, -0.1) is 0 Å². The molecule has 1 unspecified atom stereocenters. The minimum absolute atomic E-state index is 0.0956. The molecule has 1 fully saturated rings. The topological polar surface area (TPSA) is 56.1 Å². The maximum Gasteiger partial charge on any atom is 0.240 e. The number of hydrogen-bond acceptors (Lipinski definition) is 3. The van der Waals surface area contributed by atoms with Crippen LogP contribution < -0.4 is 5.32 Å². The van der Waals surface area contributed by atoms with Gasteiger partial charge in [-0.1, -0.05) is 6.92 Å². The van der Waals surface area contributed by atoms with Crippen molar-refractivity contribution in [1.29, 1.82) is 5.26 Å². The second-order valence-corrected chi connectivity index (χ2v) is 5.23. The number of amides is 1. The van der Waals surface area contributed by atoms with Crippen LogP contribution in [-0.4, -0.2) is 37.5 Å². The van der Waals surface area contributed by atoms with Crippen LogP contribution in [0, 0.1) is 22.7 Å². The Labute approximate surface area is 97.6 Å². The molecule has 1 aliphatic carbocycles. The number of hydrogen-bond donors (Lipinski definition) is 1. The summed E-state index contributed by atoms with van der Waals surface area (Å²) in [5, 5.41) is 12.0. The monoisotopic (exact) mass is 223 g/mol. The molecule has 90 valence electrons. The van der Waals surface area contributed by atoms with Gasteiger partial charge in [0.15, 0.2) is 0 Å². The summed E-state index contributed by atoms with van der Waals surface area (Å²) in [5.41, 5.74) is -0.745. The Hall–Kier alpha value is -1.08. The molecule has 1 saturated carbocycles. The third-order valence-corrected chi connectivity index (χ3v) is 3.48. The number of rotatable bonds is 4. The molecule has 4 heteroatoms. The highest BCUT2D eigenvalue weighted by Gasteiger charge is 2.48. The van der Waals surface area contributed by atoms with Crippen molar-refractivity contribution in [3.63, 3.8) is 0 Å². The van der Waals surface area contributed by atoms with E-state index in [-0.39, 0.29) is 11.9 Å². The molecule has 0 spiro atoms. The fourth-order valence-corrected chi connectivity index (χ4v) is 2.05. The van der Waals surface area contributed by atoms with Gasteiger partial charge in [0.25, 0.3) is 0 Å². The molecular weight excluding hydrogens is 202 g/mol. The van der Waals surface area contributed by atoms with Crippen molar-refractivity contribution >= 4 is 5.91 Å². The maximum absolute atomic E-state index is 11.9. The molecule has 0 heterocycles. The van der Waals surface area contributed by atoms with Gasteiger partial charge < -0.3 is 10.2 Å². The highest BCUT2D eigenvalue weighted by Crippen LogP contribution is 2.44. The molecule has 1 N–H and O–H groups in total. The first-order valence-corrected chi connectivity index (χ1v) is 5.77. The molecule has 0 aliphatic heterocycles. The average Bonchev–Trinajstić information content (AvgIpc) is 2.20. The normalized spacial score (nSPS) is 30.4. The van der Waals surface area contributed by atoms with Gasteiger partial charge in [0.05, 0.1) is 6.07 Å². The van der Waals surface area contributed by atoms with Crippen molar-refractivity contribution in [3.05, 3.63) is 0 Å². The Bertz CT molecular complexity index is 300. The van der Waals surface area contributed by atoms with Gasteiger partial charge in [-0.2, -0.15) is 5.26 Å². The van der Waals surface area contributed by atoms with Crippen LogP contribution in [0.4, 0.5) is 0 Å². The molecule has 16 heavy (non-hydrogen) atoms. The molecule has 0 bridgehead atoms. The quantitative estimate of drug-likeness (QED) is 0.773. The highest BCUT2D eigenvalue weighted by atomic mass is 16.2. The van der Waals surface area contributed by atoms with Crippen molar-refractivity contribution in [3.8, 4) is 6.07 Å². The highest BCUT2D eigenvalue weighted by molar-refractivity contribution is 5.86. The standard InChI is InChI=1S/C12H21N3O/c1-9-5-12(6-9,8-13)11(16)14-7-10(2)15(3)4/h9-10H,5-7H2,1-4H3,(H,14,16). The van der Waals surface area contributed by atoms with Crippen molar-refractivity contribution in [2.45, 2.75) is 32.7 Å². The van der Waals surface area contributed by atoms with E-state index in [2.05, 4.69) is 18.3 Å². The summed E-state index contributed by atoms with van der Waals surface area (Å²) in [7, 11) is 3.95. The Morgan fingerprint density at radius 1 is 1.62 bits per heavy atom. The molecule has 1 atom stereocenters. The van der Waals surface area contributed by atoms with Crippen molar-refractivity contribution in [1.82, 2.24) is 10.2 Å². The minimum Gasteiger partial charge on any atom is -0.353 e. The van der Waals surface area contributed by atoms with Crippen molar-refractivity contribution < 1.29 is 4.79 Å². The Balaban J connectivity index is 2.44. The van der Waals surface area contributed by atoms with Gasteiger partial charge in [-0.3, -0.25) is 4.79 Å². The molecule has 0 aromatic heterocycles. The van der Waals surface area contributed by atoms with Gasteiger partial charge in [0.2, 0.25) is 5.91 Å². The summed E-state index contributed by atoms with van der Waals surface area (Å²) in [6.07, 6.45) is 1.40. The zero-order valence-corrected chi connectivity index (χ0v) is 10.6. The lowest BCUT2D eigenvalue weighted by atomic mass is 9.63. The van der Waals surface area contributed by atoms with Crippen molar-refractivity contribution in [2.24, 2.45) is 11.3 Å². The van der Waals surface area contributed by atoms with E-state index in [4.69, 9.17) is 5.26 Å². The first-order valence-electron chi connectivity index (χ1n) is 5.77. The molecule has 0 aromatic carbocycles. The zero-order valence-electron chi connectivity index (χ0n) is 10.6. The van der Waals surface area contributed by atoms with E-state index < -0.39 is 5.41 Å². The van der Waals surface area contributed by atoms with Gasteiger partial charge in [-0.05, 0) is 39.8 Å². The minimum atomic E-state index is -0.745. The lowest BCUT2D eigenvalue weighted by Gasteiger charge is -2.39. The smallest absolute Gasteiger partial charge is 0.240 e. The Morgan fingerprint density at radius 2 is 2.19 bits per heavy atom. The molecule has 1 amide bonds. The van der Waals surface area contributed by atoms with Crippen LogP contribution in [0.25, 0.3) is 0 Å². The van der Waals surface area contributed by atoms with Gasteiger partial charge >= 0.3 is 0 Å². The summed E-state index contributed by atoms with van der Waals surface area (Å²) < 4.78 is 0. The summed E-state index contributed by atoms with van der Waals surface area (Å²) >= 11 is 0. The summed E-state index contributed by atoms with van der Waals surface area (Å²) in [6.45, 7) is 4.72. The number of nitrogens with zero attached hydrogens (tertiary/aromatic N) is 2.